The van der Waals surface area contributed by atoms with Crippen molar-refractivity contribution in [3.05, 3.63) is 30.3 Å². The number of hydrogen-bond donors (Lipinski definition) is 1. The molecule has 0 atom stereocenters. The monoisotopic (exact) mass is 288 g/mol. The summed E-state index contributed by atoms with van der Waals surface area (Å²) in [5.41, 5.74) is 0.0391. The van der Waals surface area contributed by atoms with Crippen LogP contribution < -0.4 is 10.2 Å². The first-order valence-electron chi connectivity index (χ1n) is 7.81. The zero-order valence-electron chi connectivity index (χ0n) is 12.9. The van der Waals surface area contributed by atoms with Gasteiger partial charge in [0.1, 0.15) is 5.41 Å². The van der Waals surface area contributed by atoms with E-state index < -0.39 is 5.41 Å². The summed E-state index contributed by atoms with van der Waals surface area (Å²) < 4.78 is 0. The predicted molar refractivity (Wildman–Crippen MR) is 84.1 cm³/mol. The molecule has 1 fully saturated rings. The summed E-state index contributed by atoms with van der Waals surface area (Å²) in [5.74, 6) is -0.166. The van der Waals surface area contributed by atoms with Crippen LogP contribution in [0.2, 0.25) is 0 Å². The number of unbranched alkanes of at least 4 members (excludes halogenated alkanes) is 1. The van der Waals surface area contributed by atoms with Crippen LogP contribution in [0.15, 0.2) is 30.3 Å². The minimum Gasteiger partial charge on any atom is -0.355 e. The van der Waals surface area contributed by atoms with E-state index in [0.29, 0.717) is 25.9 Å². The van der Waals surface area contributed by atoms with Crippen LogP contribution in [0.5, 0.6) is 0 Å². The number of nitrogens with one attached hydrogen (secondary N) is 1. The van der Waals surface area contributed by atoms with Gasteiger partial charge in [0, 0.05) is 18.8 Å². The lowest BCUT2D eigenvalue weighted by atomic mass is 10.0. The Hall–Kier alpha value is -1.84. The van der Waals surface area contributed by atoms with Crippen molar-refractivity contribution in [1.82, 2.24) is 5.32 Å². The Labute approximate surface area is 126 Å². The largest absolute Gasteiger partial charge is 0.355 e. The SMILES string of the molecule is CCCCNC(=O)C1(C(=O)N(CC)c2ccccc2)CC1. The Balaban J connectivity index is 2.09. The highest BCUT2D eigenvalue weighted by molar-refractivity contribution is 6.14. The first-order valence-corrected chi connectivity index (χ1v) is 7.81. The molecule has 0 radical (unpaired) electrons. The van der Waals surface area contributed by atoms with Gasteiger partial charge >= 0.3 is 0 Å². The van der Waals surface area contributed by atoms with Crippen LogP contribution in [0.25, 0.3) is 0 Å². The molecule has 1 saturated carbocycles. The second kappa shape index (κ2) is 6.74. The number of para-hydroxylation sites is 1. The van der Waals surface area contributed by atoms with E-state index in [4.69, 9.17) is 0 Å². The van der Waals surface area contributed by atoms with Crippen LogP contribution in [-0.2, 0) is 9.59 Å². The quantitative estimate of drug-likeness (QED) is 0.619. The molecule has 0 saturated heterocycles. The zero-order chi connectivity index (χ0) is 15.3. The lowest BCUT2D eigenvalue weighted by Gasteiger charge is -2.25. The molecule has 1 aromatic rings. The van der Waals surface area contributed by atoms with E-state index in [1.165, 1.54) is 0 Å². The number of benzene rings is 1. The van der Waals surface area contributed by atoms with E-state index in [1.807, 2.05) is 37.3 Å². The number of anilines is 1. The maximum Gasteiger partial charge on any atom is 0.242 e. The Bertz CT molecular complexity index is 495. The van der Waals surface area contributed by atoms with Gasteiger partial charge in [0.05, 0.1) is 0 Å². The van der Waals surface area contributed by atoms with Crippen LogP contribution in [-0.4, -0.2) is 24.9 Å². The number of hydrogen-bond acceptors (Lipinski definition) is 2. The highest BCUT2D eigenvalue weighted by Gasteiger charge is 2.57. The predicted octanol–water partition coefficient (Wildman–Crippen LogP) is 2.74. The molecular weight excluding hydrogens is 264 g/mol. The molecule has 2 amide bonds. The van der Waals surface area contributed by atoms with Gasteiger partial charge in [0.15, 0.2) is 0 Å². The highest BCUT2D eigenvalue weighted by Crippen LogP contribution is 2.48. The fraction of sp³-hybridized carbons (Fsp3) is 0.529. The van der Waals surface area contributed by atoms with Crippen LogP contribution >= 0.6 is 0 Å². The Morgan fingerprint density at radius 2 is 1.86 bits per heavy atom. The lowest BCUT2D eigenvalue weighted by Crippen LogP contribution is -2.45. The van der Waals surface area contributed by atoms with Crippen LogP contribution in [0.1, 0.15) is 39.5 Å². The fourth-order valence-corrected chi connectivity index (χ4v) is 2.52. The van der Waals surface area contributed by atoms with Gasteiger partial charge in [-0.05, 0) is 38.3 Å². The first-order chi connectivity index (χ1) is 10.2. The van der Waals surface area contributed by atoms with E-state index in [-0.39, 0.29) is 11.8 Å². The van der Waals surface area contributed by atoms with Gasteiger partial charge in [-0.25, -0.2) is 0 Å². The van der Waals surface area contributed by atoms with E-state index in [1.54, 1.807) is 4.90 Å². The average Bonchev–Trinajstić information content (AvgIpc) is 3.31. The molecular formula is C17H24N2O2. The summed E-state index contributed by atoms with van der Waals surface area (Å²) in [5, 5.41) is 2.91. The maximum absolute atomic E-state index is 12.8. The molecule has 1 aromatic carbocycles. The first kappa shape index (κ1) is 15.5. The molecule has 1 N–H and O–H groups in total. The van der Waals surface area contributed by atoms with Crippen molar-refractivity contribution in [2.75, 3.05) is 18.0 Å². The van der Waals surface area contributed by atoms with Gasteiger partial charge in [-0.15, -0.1) is 0 Å². The van der Waals surface area contributed by atoms with Crippen molar-refractivity contribution in [3.8, 4) is 0 Å². The molecule has 4 nitrogen and oxygen atoms in total. The molecule has 1 aliphatic rings. The molecule has 4 heteroatoms. The van der Waals surface area contributed by atoms with Crippen LogP contribution in [0, 0.1) is 5.41 Å². The molecule has 0 aliphatic heterocycles. The summed E-state index contributed by atoms with van der Waals surface area (Å²) in [6.07, 6.45) is 3.30. The van der Waals surface area contributed by atoms with Crippen LogP contribution in [0.4, 0.5) is 5.69 Å². The number of rotatable bonds is 7. The Kier molecular flexibility index (Phi) is 4.99. The van der Waals surface area contributed by atoms with Crippen LogP contribution in [0.3, 0.4) is 0 Å². The molecule has 0 aromatic heterocycles. The number of carbonyl (C=O) groups is 2. The van der Waals surface area contributed by atoms with Crippen molar-refractivity contribution >= 4 is 17.5 Å². The van der Waals surface area contributed by atoms with Crippen molar-refractivity contribution in [2.45, 2.75) is 39.5 Å². The summed E-state index contributed by atoms with van der Waals surface area (Å²) >= 11 is 0. The van der Waals surface area contributed by atoms with Crippen molar-refractivity contribution < 1.29 is 9.59 Å². The Morgan fingerprint density at radius 1 is 1.19 bits per heavy atom. The van der Waals surface area contributed by atoms with Crippen molar-refractivity contribution in [1.29, 1.82) is 0 Å². The van der Waals surface area contributed by atoms with Gasteiger partial charge in [-0.1, -0.05) is 31.5 Å². The summed E-state index contributed by atoms with van der Waals surface area (Å²) in [6.45, 7) is 5.25. The Morgan fingerprint density at radius 3 is 2.38 bits per heavy atom. The normalized spacial score (nSPS) is 15.3. The molecule has 2 rings (SSSR count). The van der Waals surface area contributed by atoms with Crippen molar-refractivity contribution in [2.24, 2.45) is 5.41 Å². The second-order valence-corrected chi connectivity index (χ2v) is 5.58. The summed E-state index contributed by atoms with van der Waals surface area (Å²) in [6, 6.07) is 9.56. The molecule has 1 aliphatic carbocycles. The smallest absolute Gasteiger partial charge is 0.242 e. The zero-order valence-corrected chi connectivity index (χ0v) is 12.9. The van der Waals surface area contributed by atoms with E-state index in [0.717, 1.165) is 18.5 Å². The molecule has 0 heterocycles. The van der Waals surface area contributed by atoms with E-state index in [2.05, 4.69) is 12.2 Å². The molecule has 0 bridgehead atoms. The number of nitrogens with zero attached hydrogens (tertiary/aromatic N) is 1. The van der Waals surface area contributed by atoms with Gasteiger partial charge in [0.25, 0.3) is 0 Å². The van der Waals surface area contributed by atoms with E-state index >= 15 is 0 Å². The number of amides is 2. The summed E-state index contributed by atoms with van der Waals surface area (Å²) in [7, 11) is 0. The third-order valence-electron chi connectivity index (χ3n) is 4.04. The molecule has 0 spiro atoms. The third kappa shape index (κ3) is 3.26. The summed E-state index contributed by atoms with van der Waals surface area (Å²) in [4.78, 5) is 26.8. The standard InChI is InChI=1S/C17H24N2O2/c1-3-5-13-18-15(20)17(11-12-17)16(21)19(4-2)14-9-7-6-8-10-14/h6-10H,3-5,11-13H2,1-2H3,(H,18,20). The molecule has 114 valence electrons. The number of carbonyl (C=O) groups excluding carboxylic acids is 2. The second-order valence-electron chi connectivity index (χ2n) is 5.58. The van der Waals surface area contributed by atoms with Gasteiger partial charge in [0.2, 0.25) is 11.8 Å². The van der Waals surface area contributed by atoms with Gasteiger partial charge in [-0.2, -0.15) is 0 Å². The molecule has 0 unspecified atom stereocenters. The van der Waals surface area contributed by atoms with E-state index in [9.17, 15) is 9.59 Å². The molecule has 21 heavy (non-hydrogen) atoms. The maximum atomic E-state index is 12.8. The average molecular weight is 288 g/mol. The van der Waals surface area contributed by atoms with Gasteiger partial charge in [-0.3, -0.25) is 9.59 Å². The lowest BCUT2D eigenvalue weighted by molar-refractivity contribution is -0.135. The van der Waals surface area contributed by atoms with Crippen molar-refractivity contribution in [3.63, 3.8) is 0 Å². The van der Waals surface area contributed by atoms with Gasteiger partial charge < -0.3 is 10.2 Å². The minimum absolute atomic E-state index is 0.0646. The third-order valence-corrected chi connectivity index (χ3v) is 4.04. The fourth-order valence-electron chi connectivity index (χ4n) is 2.52. The topological polar surface area (TPSA) is 49.4 Å². The highest BCUT2D eigenvalue weighted by atomic mass is 16.2. The minimum atomic E-state index is -0.820.